The van der Waals surface area contributed by atoms with Gasteiger partial charge in [-0.25, -0.2) is 5.32 Å². The molecule has 0 aromatic carbocycles. The van der Waals surface area contributed by atoms with Crippen LogP contribution in [0.15, 0.2) is 0 Å². The molecular weight excluding hydrogens is 154 g/mol. The van der Waals surface area contributed by atoms with Gasteiger partial charge in [-0.15, -0.1) is 0 Å². The van der Waals surface area contributed by atoms with Crippen LogP contribution in [0.1, 0.15) is 39.0 Å². The summed E-state index contributed by atoms with van der Waals surface area (Å²) in [6.07, 6.45) is 4.35. The smallest absolute Gasteiger partial charge is 0.307 e. The van der Waals surface area contributed by atoms with Crippen molar-refractivity contribution < 1.29 is 9.53 Å². The minimum atomic E-state index is -0.130. The summed E-state index contributed by atoms with van der Waals surface area (Å²) in [5, 5.41) is 4.14. The van der Waals surface area contributed by atoms with Gasteiger partial charge in [0.1, 0.15) is 0 Å². The number of hydrogen-bond acceptors (Lipinski definition) is 2. The first-order valence-electron chi connectivity index (χ1n) is 4.69. The fourth-order valence-corrected chi connectivity index (χ4v) is 1.22. The average Bonchev–Trinajstić information content (AvgIpc) is 2.53. The van der Waals surface area contributed by atoms with Gasteiger partial charge in [-0.1, -0.05) is 13.3 Å². The molecule has 1 saturated heterocycles. The summed E-state index contributed by atoms with van der Waals surface area (Å²) in [4.78, 5) is 11.1. The van der Waals surface area contributed by atoms with E-state index in [4.69, 9.17) is 4.74 Å². The molecule has 3 nitrogen and oxygen atoms in total. The second-order valence-corrected chi connectivity index (χ2v) is 3.10. The quantitative estimate of drug-likeness (QED) is 0.599. The van der Waals surface area contributed by atoms with Crippen LogP contribution in [0.2, 0.25) is 0 Å². The van der Waals surface area contributed by atoms with Gasteiger partial charge in [-0.3, -0.25) is 4.79 Å². The van der Waals surface area contributed by atoms with Crippen LogP contribution in [0.4, 0.5) is 0 Å². The predicted octanol–water partition coefficient (Wildman–Crippen LogP) is 1.44. The second kappa shape index (κ2) is 5.14. The Hall–Kier alpha value is -0.570. The van der Waals surface area contributed by atoms with E-state index in [1.165, 1.54) is 0 Å². The van der Waals surface area contributed by atoms with Crippen molar-refractivity contribution in [2.75, 3.05) is 6.54 Å². The summed E-state index contributed by atoms with van der Waals surface area (Å²) in [5.41, 5.74) is 0. The lowest BCUT2D eigenvalue weighted by molar-refractivity contribution is -0.150. The topological polar surface area (TPSA) is 40.4 Å². The minimum Gasteiger partial charge on any atom is -0.445 e. The molecule has 3 heteroatoms. The molecule has 1 aliphatic heterocycles. The molecule has 1 fully saturated rings. The standard InChI is InChI=1S/C9H16NO2/c1-2-3-6-9(11)12-8-5-4-7-10-8/h8H,2-7H2,1H3. The SMILES string of the molecule is CCCCC(=O)OC1CCC[N]1. The van der Waals surface area contributed by atoms with Gasteiger partial charge in [0.25, 0.3) is 0 Å². The molecule has 0 aromatic rings. The zero-order valence-corrected chi connectivity index (χ0v) is 7.58. The Labute approximate surface area is 73.5 Å². The first-order chi connectivity index (χ1) is 5.83. The summed E-state index contributed by atoms with van der Waals surface area (Å²) >= 11 is 0. The molecule has 0 bridgehead atoms. The summed E-state index contributed by atoms with van der Waals surface area (Å²) in [5.74, 6) is -0.0903. The molecular formula is C9H16NO2. The molecule has 1 radical (unpaired) electrons. The van der Waals surface area contributed by atoms with Crippen LogP contribution in [0.25, 0.3) is 0 Å². The molecule has 69 valence electrons. The van der Waals surface area contributed by atoms with Crippen LogP contribution in [0.5, 0.6) is 0 Å². The Balaban J connectivity index is 2.08. The number of carbonyl (C=O) groups excluding carboxylic acids is 1. The van der Waals surface area contributed by atoms with Gasteiger partial charge in [0, 0.05) is 19.4 Å². The van der Waals surface area contributed by atoms with E-state index >= 15 is 0 Å². The Morgan fingerprint density at radius 3 is 3.08 bits per heavy atom. The number of rotatable bonds is 4. The summed E-state index contributed by atoms with van der Waals surface area (Å²) < 4.78 is 5.11. The Bertz CT molecular complexity index is 141. The van der Waals surface area contributed by atoms with Crippen molar-refractivity contribution in [2.45, 2.75) is 45.3 Å². The minimum absolute atomic E-state index is 0.0903. The van der Waals surface area contributed by atoms with Crippen LogP contribution in [0.3, 0.4) is 0 Å². The second-order valence-electron chi connectivity index (χ2n) is 3.10. The zero-order valence-electron chi connectivity index (χ0n) is 7.58. The number of unbranched alkanes of at least 4 members (excludes halogenated alkanes) is 1. The molecule has 1 atom stereocenters. The maximum absolute atomic E-state index is 11.1. The van der Waals surface area contributed by atoms with Crippen LogP contribution < -0.4 is 5.32 Å². The largest absolute Gasteiger partial charge is 0.445 e. The molecule has 0 amide bonds. The lowest BCUT2D eigenvalue weighted by Gasteiger charge is -2.09. The van der Waals surface area contributed by atoms with Gasteiger partial charge < -0.3 is 4.74 Å². The predicted molar refractivity (Wildman–Crippen MR) is 45.6 cm³/mol. The highest BCUT2D eigenvalue weighted by molar-refractivity contribution is 5.69. The molecule has 0 spiro atoms. The van der Waals surface area contributed by atoms with E-state index in [9.17, 15) is 4.79 Å². The van der Waals surface area contributed by atoms with E-state index < -0.39 is 0 Å². The average molecular weight is 170 g/mol. The van der Waals surface area contributed by atoms with E-state index in [1.807, 2.05) is 0 Å². The van der Waals surface area contributed by atoms with Crippen LogP contribution in [-0.4, -0.2) is 18.7 Å². The van der Waals surface area contributed by atoms with Gasteiger partial charge in [0.05, 0.1) is 0 Å². The lowest BCUT2D eigenvalue weighted by atomic mass is 10.2. The Morgan fingerprint density at radius 2 is 2.50 bits per heavy atom. The maximum atomic E-state index is 11.1. The fourth-order valence-electron chi connectivity index (χ4n) is 1.22. The molecule has 1 unspecified atom stereocenters. The molecule has 0 saturated carbocycles. The van der Waals surface area contributed by atoms with Crippen molar-refractivity contribution in [1.82, 2.24) is 5.32 Å². The Morgan fingerprint density at radius 1 is 1.67 bits per heavy atom. The van der Waals surface area contributed by atoms with Crippen LogP contribution in [-0.2, 0) is 9.53 Å². The number of carbonyl (C=O) groups is 1. The monoisotopic (exact) mass is 170 g/mol. The van der Waals surface area contributed by atoms with E-state index in [-0.39, 0.29) is 12.2 Å². The van der Waals surface area contributed by atoms with E-state index in [2.05, 4.69) is 12.2 Å². The third kappa shape index (κ3) is 3.22. The normalized spacial score (nSPS) is 22.6. The van der Waals surface area contributed by atoms with Gasteiger partial charge in [0.2, 0.25) is 0 Å². The van der Waals surface area contributed by atoms with Crippen molar-refractivity contribution >= 4 is 5.97 Å². The van der Waals surface area contributed by atoms with Crippen molar-refractivity contribution in [2.24, 2.45) is 0 Å². The highest BCUT2D eigenvalue weighted by Crippen LogP contribution is 2.09. The Kier molecular flexibility index (Phi) is 4.08. The lowest BCUT2D eigenvalue weighted by Crippen LogP contribution is -2.22. The maximum Gasteiger partial charge on any atom is 0.307 e. The molecule has 1 heterocycles. The summed E-state index contributed by atoms with van der Waals surface area (Å²) in [6, 6.07) is 0. The number of ether oxygens (including phenoxy) is 1. The highest BCUT2D eigenvalue weighted by atomic mass is 16.6. The van der Waals surface area contributed by atoms with Gasteiger partial charge in [-0.2, -0.15) is 0 Å². The fraction of sp³-hybridized carbons (Fsp3) is 0.889. The molecule has 1 aliphatic rings. The molecule has 0 aliphatic carbocycles. The first-order valence-corrected chi connectivity index (χ1v) is 4.69. The van der Waals surface area contributed by atoms with Crippen LogP contribution >= 0.6 is 0 Å². The highest BCUT2D eigenvalue weighted by Gasteiger charge is 2.18. The third-order valence-corrected chi connectivity index (χ3v) is 1.94. The summed E-state index contributed by atoms with van der Waals surface area (Å²) in [6.45, 7) is 2.92. The molecule has 12 heavy (non-hydrogen) atoms. The third-order valence-electron chi connectivity index (χ3n) is 1.94. The summed E-state index contributed by atoms with van der Waals surface area (Å²) in [7, 11) is 0. The number of hydrogen-bond donors (Lipinski definition) is 0. The molecule has 0 N–H and O–H groups in total. The number of esters is 1. The van der Waals surface area contributed by atoms with E-state index in [0.717, 1.165) is 32.2 Å². The van der Waals surface area contributed by atoms with Crippen LogP contribution in [0, 0.1) is 0 Å². The first kappa shape index (κ1) is 9.52. The number of nitrogens with zero attached hydrogens (tertiary/aromatic N) is 1. The molecule has 1 rings (SSSR count). The van der Waals surface area contributed by atoms with E-state index in [1.54, 1.807) is 0 Å². The van der Waals surface area contributed by atoms with E-state index in [0.29, 0.717) is 6.42 Å². The van der Waals surface area contributed by atoms with Crippen molar-refractivity contribution in [3.63, 3.8) is 0 Å². The van der Waals surface area contributed by atoms with Gasteiger partial charge in [-0.05, 0) is 12.8 Å². The zero-order chi connectivity index (χ0) is 8.81. The van der Waals surface area contributed by atoms with Crippen molar-refractivity contribution in [3.05, 3.63) is 0 Å². The van der Waals surface area contributed by atoms with Gasteiger partial charge in [0.15, 0.2) is 6.23 Å². The van der Waals surface area contributed by atoms with Crippen molar-refractivity contribution in [3.8, 4) is 0 Å². The van der Waals surface area contributed by atoms with Crippen molar-refractivity contribution in [1.29, 1.82) is 0 Å². The molecule has 0 aromatic heterocycles. The van der Waals surface area contributed by atoms with Gasteiger partial charge >= 0.3 is 5.97 Å².